The molecule has 0 unspecified atom stereocenters. The number of hydrogen-bond donors (Lipinski definition) is 0. The molecular weight excluding hydrogens is 372 g/mol. The van der Waals surface area contributed by atoms with Crippen LogP contribution in [0.2, 0.25) is 5.02 Å². The highest BCUT2D eigenvalue weighted by atomic mass is 35.5. The second-order valence-corrected chi connectivity index (χ2v) is 7.18. The van der Waals surface area contributed by atoms with E-state index >= 15 is 0 Å². The van der Waals surface area contributed by atoms with Gasteiger partial charge in [0.1, 0.15) is 13.2 Å². The van der Waals surface area contributed by atoms with Crippen LogP contribution in [0.5, 0.6) is 0 Å². The van der Waals surface area contributed by atoms with Gasteiger partial charge in [-0.2, -0.15) is 0 Å². The third-order valence-corrected chi connectivity index (χ3v) is 5.69. The number of esters is 1. The van der Waals surface area contributed by atoms with Crippen molar-refractivity contribution >= 4 is 50.0 Å². The first-order valence-corrected chi connectivity index (χ1v) is 9.09. The Morgan fingerprint density at radius 3 is 2.77 bits per heavy atom. The van der Waals surface area contributed by atoms with Gasteiger partial charge in [0, 0.05) is 10.1 Å². The lowest BCUT2D eigenvalue weighted by atomic mass is 10.2. The van der Waals surface area contributed by atoms with E-state index in [0.717, 1.165) is 15.0 Å². The Labute approximate surface area is 157 Å². The minimum absolute atomic E-state index is 0.0782. The van der Waals surface area contributed by atoms with E-state index in [-0.39, 0.29) is 18.7 Å². The summed E-state index contributed by atoms with van der Waals surface area (Å²) in [4.78, 5) is 29.2. The molecule has 130 valence electrons. The van der Waals surface area contributed by atoms with Crippen LogP contribution in [-0.2, 0) is 22.7 Å². The average molecular weight is 385 g/mol. The molecule has 0 fully saturated rings. The molecule has 4 aromatic rings. The molecule has 26 heavy (non-hydrogen) atoms. The Kier molecular flexibility index (Phi) is 4.44. The van der Waals surface area contributed by atoms with Crippen LogP contribution in [0.1, 0.15) is 4.88 Å². The molecule has 7 heteroatoms. The number of halogens is 1. The molecule has 2 aromatic carbocycles. The van der Waals surface area contributed by atoms with Gasteiger partial charge in [-0.1, -0.05) is 41.9 Å². The van der Waals surface area contributed by atoms with Crippen LogP contribution < -0.4 is 5.56 Å². The van der Waals surface area contributed by atoms with E-state index in [0.29, 0.717) is 16.1 Å². The fourth-order valence-corrected chi connectivity index (χ4v) is 4.16. The molecule has 0 saturated carbocycles. The number of para-hydroxylation sites is 2. The molecule has 0 aliphatic rings. The van der Waals surface area contributed by atoms with Crippen molar-refractivity contribution < 1.29 is 9.53 Å². The number of ether oxygens (including phenoxy) is 1. The standard InChI is InChI=1S/C19H13ClN2O3S/c20-19-12-5-1-4-8-15(12)26-16(19)11-25-18(24)10-22-14-7-3-2-6-13(14)21-9-17(22)23/h1-9H,10-11H2. The van der Waals surface area contributed by atoms with Gasteiger partial charge in [0.05, 0.1) is 27.1 Å². The van der Waals surface area contributed by atoms with E-state index in [4.69, 9.17) is 16.3 Å². The summed E-state index contributed by atoms with van der Waals surface area (Å²) >= 11 is 7.85. The van der Waals surface area contributed by atoms with E-state index in [1.807, 2.05) is 30.3 Å². The molecule has 0 bridgehead atoms. The fourth-order valence-electron chi connectivity index (χ4n) is 2.76. The van der Waals surface area contributed by atoms with Crippen LogP contribution in [0.15, 0.2) is 59.5 Å². The Morgan fingerprint density at radius 1 is 1.15 bits per heavy atom. The Morgan fingerprint density at radius 2 is 1.92 bits per heavy atom. The number of hydrogen-bond acceptors (Lipinski definition) is 5. The van der Waals surface area contributed by atoms with Gasteiger partial charge >= 0.3 is 5.97 Å². The monoisotopic (exact) mass is 384 g/mol. The van der Waals surface area contributed by atoms with E-state index in [1.54, 1.807) is 18.2 Å². The maximum Gasteiger partial charge on any atom is 0.326 e. The lowest BCUT2D eigenvalue weighted by Gasteiger charge is -2.09. The number of fused-ring (bicyclic) bond motifs is 2. The smallest absolute Gasteiger partial charge is 0.326 e. The van der Waals surface area contributed by atoms with Crippen molar-refractivity contribution in [2.75, 3.05) is 0 Å². The Balaban J connectivity index is 1.54. The van der Waals surface area contributed by atoms with Gasteiger partial charge < -0.3 is 4.74 Å². The summed E-state index contributed by atoms with van der Waals surface area (Å²) < 4.78 is 7.75. The van der Waals surface area contributed by atoms with Crippen LogP contribution >= 0.6 is 22.9 Å². The lowest BCUT2D eigenvalue weighted by molar-refractivity contribution is -0.145. The highest BCUT2D eigenvalue weighted by Crippen LogP contribution is 2.35. The summed E-state index contributed by atoms with van der Waals surface area (Å²) in [6.07, 6.45) is 1.21. The molecule has 0 spiro atoms. The summed E-state index contributed by atoms with van der Waals surface area (Å²) in [5.41, 5.74) is 0.893. The Hall–Kier alpha value is -2.70. The van der Waals surface area contributed by atoms with Gasteiger partial charge in [0.2, 0.25) is 0 Å². The van der Waals surface area contributed by atoms with Crippen LogP contribution in [0, 0.1) is 0 Å². The zero-order valence-corrected chi connectivity index (χ0v) is 15.1. The number of carbonyl (C=O) groups is 1. The maximum absolute atomic E-state index is 12.3. The van der Waals surface area contributed by atoms with Crippen LogP contribution in [0.4, 0.5) is 0 Å². The van der Waals surface area contributed by atoms with Crippen molar-refractivity contribution in [2.45, 2.75) is 13.2 Å². The van der Waals surface area contributed by atoms with Gasteiger partial charge in [-0.15, -0.1) is 11.3 Å². The predicted octanol–water partition coefficient (Wildman–Crippen LogP) is 4.01. The van der Waals surface area contributed by atoms with Gasteiger partial charge in [0.25, 0.3) is 5.56 Å². The topological polar surface area (TPSA) is 61.2 Å². The fraction of sp³-hybridized carbons (Fsp3) is 0.105. The quantitative estimate of drug-likeness (QED) is 0.499. The highest BCUT2D eigenvalue weighted by Gasteiger charge is 2.14. The lowest BCUT2D eigenvalue weighted by Crippen LogP contribution is -2.25. The number of nitrogens with zero attached hydrogens (tertiary/aromatic N) is 2. The van der Waals surface area contributed by atoms with Gasteiger partial charge in [0.15, 0.2) is 0 Å². The van der Waals surface area contributed by atoms with Gasteiger partial charge in [-0.25, -0.2) is 4.98 Å². The van der Waals surface area contributed by atoms with Gasteiger partial charge in [-0.05, 0) is 18.2 Å². The summed E-state index contributed by atoms with van der Waals surface area (Å²) in [6.45, 7) is -0.0981. The second-order valence-electron chi connectivity index (χ2n) is 5.67. The first kappa shape index (κ1) is 16.8. The van der Waals surface area contributed by atoms with Crippen molar-refractivity contribution in [3.05, 3.63) is 75.0 Å². The normalized spacial score (nSPS) is 11.1. The predicted molar refractivity (Wildman–Crippen MR) is 103 cm³/mol. The van der Waals surface area contributed by atoms with Gasteiger partial charge in [-0.3, -0.25) is 14.2 Å². The molecule has 0 saturated heterocycles. The molecule has 4 rings (SSSR count). The van der Waals surface area contributed by atoms with E-state index in [1.165, 1.54) is 22.1 Å². The average Bonchev–Trinajstić information content (AvgIpc) is 2.99. The largest absolute Gasteiger partial charge is 0.459 e. The molecule has 0 N–H and O–H groups in total. The summed E-state index contributed by atoms with van der Waals surface area (Å²) in [5.74, 6) is -0.503. The zero-order valence-electron chi connectivity index (χ0n) is 13.5. The number of thiophene rings is 1. The second kappa shape index (κ2) is 6.90. The summed E-state index contributed by atoms with van der Waals surface area (Å²) in [5, 5.41) is 1.55. The first-order chi connectivity index (χ1) is 12.6. The van der Waals surface area contributed by atoms with E-state index < -0.39 is 5.97 Å². The number of rotatable bonds is 4. The summed E-state index contributed by atoms with van der Waals surface area (Å²) in [7, 11) is 0. The van der Waals surface area contributed by atoms with E-state index in [9.17, 15) is 9.59 Å². The number of benzene rings is 2. The molecule has 2 heterocycles. The van der Waals surface area contributed by atoms with Crippen molar-refractivity contribution in [3.63, 3.8) is 0 Å². The molecular formula is C19H13ClN2O3S. The third kappa shape index (κ3) is 3.09. The van der Waals surface area contributed by atoms with Crippen molar-refractivity contribution in [2.24, 2.45) is 0 Å². The maximum atomic E-state index is 12.3. The molecule has 0 atom stereocenters. The van der Waals surface area contributed by atoms with Crippen LogP contribution in [0.25, 0.3) is 21.1 Å². The van der Waals surface area contributed by atoms with Crippen molar-refractivity contribution in [1.29, 1.82) is 0 Å². The number of aromatic nitrogens is 2. The molecule has 2 aromatic heterocycles. The van der Waals surface area contributed by atoms with E-state index in [2.05, 4.69) is 4.98 Å². The number of carbonyl (C=O) groups excluding carboxylic acids is 1. The minimum atomic E-state index is -0.503. The Bertz CT molecular complexity index is 1180. The highest BCUT2D eigenvalue weighted by molar-refractivity contribution is 7.19. The molecule has 0 amide bonds. The first-order valence-electron chi connectivity index (χ1n) is 7.89. The third-order valence-electron chi connectivity index (χ3n) is 4.01. The van der Waals surface area contributed by atoms with Crippen LogP contribution in [-0.4, -0.2) is 15.5 Å². The molecule has 0 aliphatic heterocycles. The van der Waals surface area contributed by atoms with Crippen molar-refractivity contribution in [1.82, 2.24) is 9.55 Å². The van der Waals surface area contributed by atoms with Crippen molar-refractivity contribution in [3.8, 4) is 0 Å². The summed E-state index contributed by atoms with van der Waals surface area (Å²) in [6, 6.07) is 14.9. The molecule has 0 radical (unpaired) electrons. The molecule has 5 nitrogen and oxygen atoms in total. The SMILES string of the molecule is O=C(Cn1c(=O)cnc2ccccc21)OCc1sc2ccccc2c1Cl. The minimum Gasteiger partial charge on any atom is -0.459 e. The zero-order chi connectivity index (χ0) is 18.1. The molecule has 0 aliphatic carbocycles. The van der Waals surface area contributed by atoms with Crippen LogP contribution in [0.3, 0.4) is 0 Å².